The molecule has 7 nitrogen and oxygen atoms in total. The summed E-state index contributed by atoms with van der Waals surface area (Å²) in [5.41, 5.74) is 3.67. The van der Waals surface area contributed by atoms with E-state index < -0.39 is 0 Å². The van der Waals surface area contributed by atoms with Gasteiger partial charge in [-0.05, 0) is 43.2 Å². The molecule has 1 fully saturated rings. The van der Waals surface area contributed by atoms with Crippen LogP contribution in [-0.4, -0.2) is 73.0 Å². The van der Waals surface area contributed by atoms with Gasteiger partial charge in [0.05, 0.1) is 18.8 Å². The number of piperazine rings is 1. The second-order valence-corrected chi connectivity index (χ2v) is 7.87. The molecule has 0 saturated carbocycles. The minimum Gasteiger partial charge on any atom is -0.506 e. The second-order valence-electron chi connectivity index (χ2n) is 7.87. The summed E-state index contributed by atoms with van der Waals surface area (Å²) in [7, 11) is 1.66. The summed E-state index contributed by atoms with van der Waals surface area (Å²) in [6.07, 6.45) is 0. The van der Waals surface area contributed by atoms with Crippen molar-refractivity contribution < 1.29 is 14.7 Å². The molecule has 1 aliphatic heterocycles. The van der Waals surface area contributed by atoms with Crippen molar-refractivity contribution >= 4 is 23.2 Å². The molecule has 0 spiro atoms. The number of benzene rings is 2. The predicted octanol–water partition coefficient (Wildman–Crippen LogP) is 2.23. The van der Waals surface area contributed by atoms with Crippen LogP contribution in [-0.2, 0) is 9.59 Å². The average molecular weight is 411 g/mol. The number of rotatable bonds is 6. The van der Waals surface area contributed by atoms with E-state index in [9.17, 15) is 14.7 Å². The van der Waals surface area contributed by atoms with Crippen LogP contribution in [0.25, 0.3) is 0 Å². The van der Waals surface area contributed by atoms with Gasteiger partial charge in [0.1, 0.15) is 5.75 Å². The highest BCUT2D eigenvalue weighted by atomic mass is 16.3. The first-order valence-electron chi connectivity index (χ1n) is 10.2. The number of anilines is 2. The molecule has 2 N–H and O–H groups in total. The number of hydrogen-bond donors (Lipinski definition) is 2. The smallest absolute Gasteiger partial charge is 0.243 e. The fraction of sp³-hybridized carbons (Fsp3) is 0.391. The van der Waals surface area contributed by atoms with E-state index in [-0.39, 0.29) is 30.7 Å². The minimum atomic E-state index is -0.205. The van der Waals surface area contributed by atoms with Gasteiger partial charge in [0.25, 0.3) is 0 Å². The molecule has 1 saturated heterocycles. The number of nitrogens with one attached hydrogen (secondary N) is 1. The number of carbonyl (C=O) groups excluding carboxylic acids is 2. The highest BCUT2D eigenvalue weighted by molar-refractivity contribution is 5.95. The number of hydrogen-bond acceptors (Lipinski definition) is 5. The normalized spacial score (nSPS) is 14.4. The maximum Gasteiger partial charge on any atom is 0.243 e. The van der Waals surface area contributed by atoms with Crippen molar-refractivity contribution in [2.45, 2.75) is 13.8 Å². The number of phenolic OH excluding ortho intramolecular Hbond substituents is 1. The zero-order valence-electron chi connectivity index (χ0n) is 17.9. The van der Waals surface area contributed by atoms with Crippen LogP contribution >= 0.6 is 0 Å². The molecule has 0 unspecified atom stereocenters. The summed E-state index contributed by atoms with van der Waals surface area (Å²) in [6.45, 7) is 7.14. The van der Waals surface area contributed by atoms with E-state index >= 15 is 0 Å². The van der Waals surface area contributed by atoms with Crippen LogP contribution in [0.5, 0.6) is 5.75 Å². The minimum absolute atomic E-state index is 0.0179. The lowest BCUT2D eigenvalue weighted by atomic mass is 10.1. The van der Waals surface area contributed by atoms with E-state index in [0.29, 0.717) is 0 Å². The van der Waals surface area contributed by atoms with Gasteiger partial charge in [-0.15, -0.1) is 0 Å². The number of aryl methyl sites for hydroxylation is 2. The van der Waals surface area contributed by atoms with Gasteiger partial charge < -0.3 is 20.2 Å². The van der Waals surface area contributed by atoms with E-state index in [2.05, 4.69) is 15.1 Å². The molecular formula is C23H30N4O3. The van der Waals surface area contributed by atoms with Crippen molar-refractivity contribution in [2.75, 3.05) is 56.5 Å². The summed E-state index contributed by atoms with van der Waals surface area (Å²) in [4.78, 5) is 30.6. The van der Waals surface area contributed by atoms with Gasteiger partial charge in [-0.3, -0.25) is 14.5 Å². The average Bonchev–Trinajstić information content (AvgIpc) is 2.71. The lowest BCUT2D eigenvalue weighted by molar-refractivity contribution is -0.134. The van der Waals surface area contributed by atoms with Crippen molar-refractivity contribution in [1.82, 2.24) is 9.80 Å². The first-order valence-corrected chi connectivity index (χ1v) is 10.2. The second kappa shape index (κ2) is 9.63. The van der Waals surface area contributed by atoms with Crippen LogP contribution in [0.3, 0.4) is 0 Å². The molecule has 160 valence electrons. The number of phenols is 1. The third-order valence-electron chi connectivity index (χ3n) is 5.43. The largest absolute Gasteiger partial charge is 0.506 e. The molecule has 0 aliphatic carbocycles. The van der Waals surface area contributed by atoms with Crippen LogP contribution in [0.2, 0.25) is 0 Å². The van der Waals surface area contributed by atoms with Gasteiger partial charge in [0.15, 0.2) is 0 Å². The third-order valence-corrected chi connectivity index (χ3v) is 5.43. The topological polar surface area (TPSA) is 76.1 Å². The lowest BCUT2D eigenvalue weighted by Gasteiger charge is -2.36. The lowest BCUT2D eigenvalue weighted by Crippen LogP contribution is -2.50. The Morgan fingerprint density at radius 3 is 2.47 bits per heavy atom. The molecule has 2 aromatic rings. The standard InChI is InChI=1S/C23H30N4O3/c1-17-8-9-18(2)19(14-17)24-22(29)15-25(3)23(30)16-26-10-12-27(13-11-26)20-6-4-5-7-21(20)28/h4-9,14,28H,10-13,15-16H2,1-3H3,(H,24,29). The molecule has 30 heavy (non-hydrogen) atoms. The number of nitrogens with zero attached hydrogens (tertiary/aromatic N) is 3. The Kier molecular flexibility index (Phi) is 6.95. The summed E-state index contributed by atoms with van der Waals surface area (Å²) >= 11 is 0. The molecular weight excluding hydrogens is 380 g/mol. The van der Waals surface area contributed by atoms with Crippen LogP contribution < -0.4 is 10.2 Å². The maximum absolute atomic E-state index is 12.6. The van der Waals surface area contributed by atoms with Crippen molar-refractivity contribution in [3.05, 3.63) is 53.6 Å². The number of amides is 2. The van der Waals surface area contributed by atoms with Gasteiger partial charge in [-0.25, -0.2) is 0 Å². The molecule has 1 aliphatic rings. The zero-order chi connectivity index (χ0) is 21.7. The fourth-order valence-corrected chi connectivity index (χ4v) is 3.55. The highest BCUT2D eigenvalue weighted by Gasteiger charge is 2.22. The quantitative estimate of drug-likeness (QED) is 0.764. The first kappa shape index (κ1) is 21.6. The van der Waals surface area contributed by atoms with Crippen LogP contribution in [0.15, 0.2) is 42.5 Å². The van der Waals surface area contributed by atoms with Crippen LogP contribution in [0.1, 0.15) is 11.1 Å². The predicted molar refractivity (Wildman–Crippen MR) is 119 cm³/mol. The third kappa shape index (κ3) is 5.51. The molecule has 7 heteroatoms. The Hall–Kier alpha value is -3.06. The molecule has 0 bridgehead atoms. The van der Waals surface area contributed by atoms with Crippen molar-refractivity contribution in [1.29, 1.82) is 0 Å². The number of likely N-dealkylation sites (N-methyl/N-ethyl adjacent to an activating group) is 1. The van der Waals surface area contributed by atoms with E-state index in [1.54, 1.807) is 19.2 Å². The van der Waals surface area contributed by atoms with Crippen LogP contribution in [0, 0.1) is 13.8 Å². The van der Waals surface area contributed by atoms with Crippen molar-refractivity contribution in [3.8, 4) is 5.75 Å². The van der Waals surface area contributed by atoms with E-state index in [4.69, 9.17) is 0 Å². The number of aromatic hydroxyl groups is 1. The van der Waals surface area contributed by atoms with Crippen LogP contribution in [0.4, 0.5) is 11.4 Å². The van der Waals surface area contributed by atoms with E-state index in [0.717, 1.165) is 48.7 Å². The highest BCUT2D eigenvalue weighted by Crippen LogP contribution is 2.27. The van der Waals surface area contributed by atoms with Gasteiger partial charge in [0, 0.05) is 38.9 Å². The SMILES string of the molecule is Cc1ccc(C)c(NC(=O)CN(C)C(=O)CN2CCN(c3ccccc3O)CC2)c1. The summed E-state index contributed by atoms with van der Waals surface area (Å²) in [6, 6.07) is 13.2. The van der Waals surface area contributed by atoms with Gasteiger partial charge in [0.2, 0.25) is 11.8 Å². The molecule has 1 heterocycles. The fourth-order valence-electron chi connectivity index (χ4n) is 3.55. The van der Waals surface area contributed by atoms with E-state index in [1.807, 2.05) is 44.2 Å². The Bertz CT molecular complexity index is 907. The van der Waals surface area contributed by atoms with Gasteiger partial charge >= 0.3 is 0 Å². The monoisotopic (exact) mass is 410 g/mol. The summed E-state index contributed by atoms with van der Waals surface area (Å²) < 4.78 is 0. The number of para-hydroxylation sites is 2. The van der Waals surface area contributed by atoms with Crippen molar-refractivity contribution in [2.24, 2.45) is 0 Å². The molecule has 0 aromatic heterocycles. The maximum atomic E-state index is 12.6. The van der Waals surface area contributed by atoms with Crippen molar-refractivity contribution in [3.63, 3.8) is 0 Å². The van der Waals surface area contributed by atoms with Gasteiger partial charge in [-0.1, -0.05) is 24.3 Å². The first-order chi connectivity index (χ1) is 14.3. The molecule has 2 aromatic carbocycles. The Balaban J connectivity index is 1.46. The summed E-state index contributed by atoms with van der Waals surface area (Å²) in [5, 5.41) is 12.9. The Labute approximate surface area is 177 Å². The molecule has 3 rings (SSSR count). The molecule has 0 atom stereocenters. The van der Waals surface area contributed by atoms with Gasteiger partial charge in [-0.2, -0.15) is 0 Å². The Morgan fingerprint density at radius 1 is 1.07 bits per heavy atom. The Morgan fingerprint density at radius 2 is 1.77 bits per heavy atom. The zero-order valence-corrected chi connectivity index (χ0v) is 17.9. The molecule has 2 amide bonds. The summed E-state index contributed by atoms with van der Waals surface area (Å²) in [5.74, 6) is -0.0114. The number of carbonyl (C=O) groups is 2. The molecule has 0 radical (unpaired) electrons. The van der Waals surface area contributed by atoms with E-state index in [1.165, 1.54) is 4.90 Å².